The van der Waals surface area contributed by atoms with Gasteiger partial charge in [0.1, 0.15) is 0 Å². The van der Waals surface area contributed by atoms with Crippen LogP contribution in [0.1, 0.15) is 0 Å². The molecule has 1 heterocycles. The van der Waals surface area contributed by atoms with E-state index < -0.39 is 0 Å². The molecule has 21 heavy (non-hydrogen) atoms. The highest BCUT2D eigenvalue weighted by Gasteiger charge is 2.14. The molecule has 7 heteroatoms. The van der Waals surface area contributed by atoms with Crippen LogP contribution in [0.15, 0.2) is 36.4 Å². The van der Waals surface area contributed by atoms with Gasteiger partial charge < -0.3 is 10.5 Å². The van der Waals surface area contributed by atoms with Crippen molar-refractivity contribution in [1.82, 2.24) is 9.97 Å². The fourth-order valence-electron chi connectivity index (χ4n) is 1.87. The zero-order valence-electron chi connectivity index (χ0n) is 10.5. The molecular weight excluding hydrogens is 333 g/mol. The maximum absolute atomic E-state index is 6.11. The summed E-state index contributed by atoms with van der Waals surface area (Å²) >= 11 is 18.1. The SMILES string of the molecule is Nc1cc(Cl)c(Oc2nc(Cl)nc3ccccc23)c(Cl)c1. The summed E-state index contributed by atoms with van der Waals surface area (Å²) in [5.41, 5.74) is 6.77. The van der Waals surface area contributed by atoms with Crippen LogP contribution in [0.3, 0.4) is 0 Å². The van der Waals surface area contributed by atoms with E-state index in [1.54, 1.807) is 12.1 Å². The third-order valence-electron chi connectivity index (χ3n) is 2.76. The van der Waals surface area contributed by atoms with E-state index in [1.165, 1.54) is 0 Å². The van der Waals surface area contributed by atoms with Crippen LogP contribution in [0.5, 0.6) is 11.6 Å². The van der Waals surface area contributed by atoms with E-state index in [0.717, 1.165) is 0 Å². The molecule has 0 saturated heterocycles. The lowest BCUT2D eigenvalue weighted by molar-refractivity contribution is 0.469. The second-order valence-corrected chi connectivity index (χ2v) is 5.38. The number of nitrogen functional groups attached to an aromatic ring is 1. The van der Waals surface area contributed by atoms with E-state index in [-0.39, 0.29) is 16.9 Å². The summed E-state index contributed by atoms with van der Waals surface area (Å²) in [5, 5.41) is 1.36. The van der Waals surface area contributed by atoms with Gasteiger partial charge in [-0.25, -0.2) is 4.98 Å². The third kappa shape index (κ3) is 2.83. The number of nitrogens with two attached hydrogens (primary N) is 1. The molecule has 0 unspecified atom stereocenters. The fourth-order valence-corrected chi connectivity index (χ4v) is 2.62. The molecule has 106 valence electrons. The van der Waals surface area contributed by atoms with Gasteiger partial charge in [-0.1, -0.05) is 35.3 Å². The molecule has 0 atom stereocenters. The number of ether oxygens (including phenoxy) is 1. The number of para-hydroxylation sites is 1. The first-order valence-electron chi connectivity index (χ1n) is 5.89. The molecule has 0 aliphatic heterocycles. The van der Waals surface area contributed by atoms with Crippen molar-refractivity contribution < 1.29 is 4.74 Å². The number of aromatic nitrogens is 2. The largest absolute Gasteiger partial charge is 0.435 e. The molecule has 0 amide bonds. The van der Waals surface area contributed by atoms with Crippen LogP contribution in [0, 0.1) is 0 Å². The van der Waals surface area contributed by atoms with Gasteiger partial charge >= 0.3 is 0 Å². The van der Waals surface area contributed by atoms with Gasteiger partial charge in [0.05, 0.1) is 20.9 Å². The molecule has 0 spiro atoms. The van der Waals surface area contributed by atoms with Gasteiger partial charge in [-0.3, -0.25) is 0 Å². The van der Waals surface area contributed by atoms with Crippen molar-refractivity contribution in [2.45, 2.75) is 0 Å². The zero-order valence-corrected chi connectivity index (χ0v) is 12.7. The van der Waals surface area contributed by atoms with Gasteiger partial charge in [-0.05, 0) is 35.9 Å². The van der Waals surface area contributed by atoms with Crippen LogP contribution >= 0.6 is 34.8 Å². The minimum atomic E-state index is 0.0754. The number of hydrogen-bond donors (Lipinski definition) is 1. The molecule has 0 radical (unpaired) electrons. The summed E-state index contributed by atoms with van der Waals surface area (Å²) in [6.45, 7) is 0. The van der Waals surface area contributed by atoms with E-state index >= 15 is 0 Å². The molecular formula is C14H8Cl3N3O. The van der Waals surface area contributed by atoms with Gasteiger partial charge in [0.2, 0.25) is 11.2 Å². The van der Waals surface area contributed by atoms with Crippen LogP contribution in [-0.2, 0) is 0 Å². The van der Waals surface area contributed by atoms with Gasteiger partial charge in [-0.2, -0.15) is 4.98 Å². The molecule has 0 saturated carbocycles. The molecule has 2 aromatic carbocycles. The van der Waals surface area contributed by atoms with Gasteiger partial charge in [-0.15, -0.1) is 0 Å². The van der Waals surface area contributed by atoms with E-state index in [2.05, 4.69) is 9.97 Å². The maximum Gasteiger partial charge on any atom is 0.231 e. The highest BCUT2D eigenvalue weighted by molar-refractivity contribution is 6.37. The van der Waals surface area contributed by atoms with E-state index in [9.17, 15) is 0 Å². The summed E-state index contributed by atoms with van der Waals surface area (Å²) in [6, 6.07) is 10.4. The summed E-state index contributed by atoms with van der Waals surface area (Å²) in [5.74, 6) is 0.548. The smallest absolute Gasteiger partial charge is 0.231 e. The Bertz CT molecular complexity index is 816. The van der Waals surface area contributed by atoms with E-state index in [0.29, 0.717) is 26.6 Å². The van der Waals surface area contributed by atoms with E-state index in [4.69, 9.17) is 45.3 Å². The third-order valence-corrected chi connectivity index (χ3v) is 3.49. The monoisotopic (exact) mass is 339 g/mol. The number of rotatable bonds is 2. The normalized spacial score (nSPS) is 10.8. The number of benzene rings is 2. The van der Waals surface area contributed by atoms with Crippen molar-refractivity contribution in [3.8, 4) is 11.6 Å². The van der Waals surface area contributed by atoms with E-state index in [1.807, 2.05) is 24.3 Å². The topological polar surface area (TPSA) is 61.0 Å². The summed E-state index contributed by atoms with van der Waals surface area (Å²) in [4.78, 5) is 8.21. The number of halogens is 3. The Morgan fingerprint density at radius 3 is 2.33 bits per heavy atom. The molecule has 0 bridgehead atoms. The van der Waals surface area contributed by atoms with Crippen LogP contribution in [0.25, 0.3) is 10.9 Å². The number of anilines is 1. The Morgan fingerprint density at radius 1 is 0.952 bits per heavy atom. The molecule has 0 aliphatic rings. The highest BCUT2D eigenvalue weighted by Crippen LogP contribution is 2.39. The zero-order chi connectivity index (χ0) is 15.0. The Balaban J connectivity index is 2.15. The first-order chi connectivity index (χ1) is 10.0. The second kappa shape index (κ2) is 5.56. The summed E-state index contributed by atoms with van der Waals surface area (Å²) < 4.78 is 5.73. The van der Waals surface area contributed by atoms with Crippen LogP contribution < -0.4 is 10.5 Å². The number of fused-ring (bicyclic) bond motifs is 1. The maximum atomic E-state index is 6.11. The van der Waals surface area contributed by atoms with Crippen molar-refractivity contribution in [1.29, 1.82) is 0 Å². The van der Waals surface area contributed by atoms with Crippen LogP contribution in [0.4, 0.5) is 5.69 Å². The van der Waals surface area contributed by atoms with Crippen molar-refractivity contribution in [2.24, 2.45) is 0 Å². The van der Waals surface area contributed by atoms with Gasteiger partial charge in [0.25, 0.3) is 0 Å². The number of hydrogen-bond acceptors (Lipinski definition) is 4. The Labute approximate surface area is 135 Å². The predicted octanol–water partition coefficient (Wildman–Crippen LogP) is 4.96. The highest BCUT2D eigenvalue weighted by atomic mass is 35.5. The lowest BCUT2D eigenvalue weighted by atomic mass is 10.2. The Kier molecular flexibility index (Phi) is 3.76. The van der Waals surface area contributed by atoms with Crippen LogP contribution in [0.2, 0.25) is 15.3 Å². The summed E-state index contributed by atoms with van der Waals surface area (Å²) in [6.07, 6.45) is 0. The van der Waals surface area contributed by atoms with Crippen molar-refractivity contribution >= 4 is 51.4 Å². The van der Waals surface area contributed by atoms with Gasteiger partial charge in [0.15, 0.2) is 5.75 Å². The Hall–Kier alpha value is -1.75. The first-order valence-corrected chi connectivity index (χ1v) is 7.02. The van der Waals surface area contributed by atoms with Crippen molar-refractivity contribution in [2.75, 3.05) is 5.73 Å². The summed E-state index contributed by atoms with van der Waals surface area (Å²) in [7, 11) is 0. The lowest BCUT2D eigenvalue weighted by Crippen LogP contribution is -1.95. The van der Waals surface area contributed by atoms with Crippen LogP contribution in [-0.4, -0.2) is 9.97 Å². The quantitative estimate of drug-likeness (QED) is 0.529. The van der Waals surface area contributed by atoms with Crippen molar-refractivity contribution in [3.05, 3.63) is 51.7 Å². The minimum absolute atomic E-state index is 0.0754. The lowest BCUT2D eigenvalue weighted by Gasteiger charge is -2.11. The molecule has 4 nitrogen and oxygen atoms in total. The molecule has 0 fully saturated rings. The molecule has 3 rings (SSSR count). The first kappa shape index (κ1) is 14.2. The van der Waals surface area contributed by atoms with Gasteiger partial charge in [0, 0.05) is 5.69 Å². The molecule has 3 aromatic rings. The average Bonchev–Trinajstić information content (AvgIpc) is 2.42. The molecule has 2 N–H and O–H groups in total. The fraction of sp³-hybridized carbons (Fsp3) is 0. The predicted molar refractivity (Wildman–Crippen MR) is 85.5 cm³/mol. The number of nitrogens with zero attached hydrogens (tertiary/aromatic N) is 2. The Morgan fingerprint density at radius 2 is 1.62 bits per heavy atom. The minimum Gasteiger partial charge on any atom is -0.435 e. The second-order valence-electron chi connectivity index (χ2n) is 4.23. The molecule has 0 aliphatic carbocycles. The standard InChI is InChI=1S/C14H8Cl3N3O/c15-9-5-7(18)6-10(16)12(9)21-13-8-3-1-2-4-11(8)19-14(17)20-13/h1-6H,18H2. The average molecular weight is 341 g/mol. The molecule has 1 aromatic heterocycles. The van der Waals surface area contributed by atoms with Crippen molar-refractivity contribution in [3.63, 3.8) is 0 Å².